The highest BCUT2D eigenvalue weighted by Crippen LogP contribution is 2.23. The molecule has 128 valence electrons. The van der Waals surface area contributed by atoms with Gasteiger partial charge < -0.3 is 14.7 Å². The fourth-order valence-electron chi connectivity index (χ4n) is 3.17. The molecule has 1 amide bonds. The number of aromatic nitrogens is 1. The molecule has 24 heavy (non-hydrogen) atoms. The van der Waals surface area contributed by atoms with E-state index in [4.69, 9.17) is 4.52 Å². The van der Waals surface area contributed by atoms with Crippen LogP contribution in [0.5, 0.6) is 0 Å². The van der Waals surface area contributed by atoms with E-state index < -0.39 is 0 Å². The van der Waals surface area contributed by atoms with Crippen molar-refractivity contribution in [3.05, 3.63) is 47.1 Å². The number of hydrogen-bond acceptors (Lipinski definition) is 4. The van der Waals surface area contributed by atoms with Crippen molar-refractivity contribution in [1.29, 1.82) is 0 Å². The molecule has 0 spiro atoms. The van der Waals surface area contributed by atoms with Gasteiger partial charge in [0, 0.05) is 24.7 Å². The topological polar surface area (TPSA) is 58.4 Å². The van der Waals surface area contributed by atoms with Gasteiger partial charge in [0.2, 0.25) is 5.91 Å². The highest BCUT2D eigenvalue weighted by Gasteiger charge is 2.23. The number of piperidine rings is 1. The fraction of sp³-hybridized carbons (Fsp3) is 0.444. The molecule has 0 unspecified atom stereocenters. The minimum Gasteiger partial charge on any atom is -0.369 e. The molecular weight excluding hydrogens is 309 g/mol. The number of aryl methyl sites for hydroxylation is 2. The SMILES string of the molecule is Cc1noc(C)c1CC(=O)NC1CCN(c2ccccc2F)CC1. The highest BCUT2D eigenvalue weighted by molar-refractivity contribution is 5.79. The molecule has 5 nitrogen and oxygen atoms in total. The average molecular weight is 331 g/mol. The molecule has 2 aromatic rings. The van der Waals surface area contributed by atoms with Crippen LogP contribution in [-0.2, 0) is 11.2 Å². The summed E-state index contributed by atoms with van der Waals surface area (Å²) in [7, 11) is 0. The van der Waals surface area contributed by atoms with Crippen molar-refractivity contribution in [2.45, 2.75) is 39.2 Å². The Balaban J connectivity index is 1.52. The van der Waals surface area contributed by atoms with Gasteiger partial charge in [0.15, 0.2) is 0 Å². The Bertz CT molecular complexity index is 701. The van der Waals surface area contributed by atoms with Gasteiger partial charge in [-0.1, -0.05) is 17.3 Å². The second-order valence-electron chi connectivity index (χ2n) is 6.26. The van der Waals surface area contributed by atoms with Crippen molar-refractivity contribution in [2.75, 3.05) is 18.0 Å². The van der Waals surface area contributed by atoms with Crippen molar-refractivity contribution >= 4 is 11.6 Å². The second kappa shape index (κ2) is 7.03. The van der Waals surface area contributed by atoms with Gasteiger partial charge in [-0.15, -0.1) is 0 Å². The summed E-state index contributed by atoms with van der Waals surface area (Å²) in [5.41, 5.74) is 2.26. The van der Waals surface area contributed by atoms with Crippen molar-refractivity contribution < 1.29 is 13.7 Å². The van der Waals surface area contributed by atoms with Gasteiger partial charge in [0.05, 0.1) is 17.8 Å². The summed E-state index contributed by atoms with van der Waals surface area (Å²) < 4.78 is 18.9. The largest absolute Gasteiger partial charge is 0.369 e. The van der Waals surface area contributed by atoms with Crippen LogP contribution in [0, 0.1) is 19.7 Å². The van der Waals surface area contributed by atoms with Crippen LogP contribution < -0.4 is 10.2 Å². The van der Waals surface area contributed by atoms with Crippen LogP contribution in [0.4, 0.5) is 10.1 Å². The Morgan fingerprint density at radius 1 is 1.33 bits per heavy atom. The summed E-state index contributed by atoms with van der Waals surface area (Å²) in [6, 6.07) is 6.94. The third-order valence-corrected chi connectivity index (χ3v) is 4.57. The summed E-state index contributed by atoms with van der Waals surface area (Å²) in [5, 5.41) is 6.94. The van der Waals surface area contributed by atoms with E-state index in [1.54, 1.807) is 12.1 Å². The first-order valence-corrected chi connectivity index (χ1v) is 8.25. The van der Waals surface area contributed by atoms with E-state index in [1.165, 1.54) is 6.07 Å². The molecule has 0 atom stereocenters. The second-order valence-corrected chi connectivity index (χ2v) is 6.26. The number of hydrogen-bond donors (Lipinski definition) is 1. The number of halogens is 1. The number of amides is 1. The monoisotopic (exact) mass is 331 g/mol. The van der Waals surface area contributed by atoms with Crippen LogP contribution in [0.3, 0.4) is 0 Å². The molecule has 1 aromatic carbocycles. The van der Waals surface area contributed by atoms with E-state index in [0.717, 1.165) is 37.2 Å². The lowest BCUT2D eigenvalue weighted by molar-refractivity contribution is -0.121. The number of rotatable bonds is 4. The van der Waals surface area contributed by atoms with E-state index in [2.05, 4.69) is 10.5 Å². The highest BCUT2D eigenvalue weighted by atomic mass is 19.1. The summed E-state index contributed by atoms with van der Waals surface area (Å²) >= 11 is 0. The van der Waals surface area contributed by atoms with E-state index >= 15 is 0 Å². The van der Waals surface area contributed by atoms with Crippen LogP contribution in [0.15, 0.2) is 28.8 Å². The zero-order chi connectivity index (χ0) is 17.1. The minimum absolute atomic E-state index is 0.0197. The maximum Gasteiger partial charge on any atom is 0.224 e. The minimum atomic E-state index is -0.196. The maximum atomic E-state index is 13.8. The Kier molecular flexibility index (Phi) is 4.83. The lowest BCUT2D eigenvalue weighted by Gasteiger charge is -2.34. The Morgan fingerprint density at radius 2 is 2.04 bits per heavy atom. The number of carbonyl (C=O) groups excluding carboxylic acids is 1. The molecule has 0 aliphatic carbocycles. The summed E-state index contributed by atoms with van der Waals surface area (Å²) in [6.07, 6.45) is 1.90. The van der Waals surface area contributed by atoms with Crippen LogP contribution in [-0.4, -0.2) is 30.2 Å². The van der Waals surface area contributed by atoms with E-state index in [0.29, 0.717) is 11.4 Å². The molecule has 1 fully saturated rings. The van der Waals surface area contributed by atoms with Crippen molar-refractivity contribution in [3.8, 4) is 0 Å². The molecule has 0 bridgehead atoms. The molecule has 1 aromatic heterocycles. The number of benzene rings is 1. The quantitative estimate of drug-likeness (QED) is 0.936. The zero-order valence-corrected chi connectivity index (χ0v) is 14.0. The normalized spacial score (nSPS) is 15.5. The van der Waals surface area contributed by atoms with Gasteiger partial charge in [-0.05, 0) is 38.8 Å². The van der Waals surface area contributed by atoms with Crippen LogP contribution in [0.2, 0.25) is 0 Å². The number of nitrogens with one attached hydrogen (secondary N) is 1. The Labute approximate surface area is 140 Å². The van der Waals surface area contributed by atoms with Crippen LogP contribution in [0.1, 0.15) is 29.9 Å². The van der Waals surface area contributed by atoms with Crippen molar-refractivity contribution in [2.24, 2.45) is 0 Å². The number of carbonyl (C=O) groups is 1. The Hall–Kier alpha value is -2.37. The summed E-state index contributed by atoms with van der Waals surface area (Å²) in [5.74, 6) is 0.476. The fourth-order valence-corrected chi connectivity index (χ4v) is 3.17. The molecule has 3 rings (SSSR count). The van der Waals surface area contributed by atoms with Gasteiger partial charge in [-0.25, -0.2) is 4.39 Å². The smallest absolute Gasteiger partial charge is 0.224 e. The number of para-hydroxylation sites is 1. The first-order chi connectivity index (χ1) is 11.5. The van der Waals surface area contributed by atoms with Crippen LogP contribution >= 0.6 is 0 Å². The maximum absolute atomic E-state index is 13.8. The van der Waals surface area contributed by atoms with Gasteiger partial charge in [0.25, 0.3) is 0 Å². The standard InChI is InChI=1S/C18H22FN3O2/c1-12-15(13(2)24-21-12)11-18(23)20-14-7-9-22(10-8-14)17-6-4-3-5-16(17)19/h3-6,14H,7-11H2,1-2H3,(H,20,23). The van der Waals surface area contributed by atoms with E-state index in [1.807, 2.05) is 24.8 Å². The summed E-state index contributed by atoms with van der Waals surface area (Å²) in [4.78, 5) is 14.3. The lowest BCUT2D eigenvalue weighted by atomic mass is 10.0. The summed E-state index contributed by atoms with van der Waals surface area (Å²) in [6.45, 7) is 5.12. The first-order valence-electron chi connectivity index (χ1n) is 8.25. The predicted molar refractivity (Wildman–Crippen MR) is 89.5 cm³/mol. The predicted octanol–water partition coefficient (Wildman–Crippen LogP) is 2.76. The molecular formula is C18H22FN3O2. The third kappa shape index (κ3) is 3.58. The molecule has 1 N–H and O–H groups in total. The Morgan fingerprint density at radius 3 is 2.67 bits per heavy atom. The molecule has 1 aliphatic heterocycles. The number of anilines is 1. The average Bonchev–Trinajstić information content (AvgIpc) is 2.88. The first kappa shape index (κ1) is 16.5. The zero-order valence-electron chi connectivity index (χ0n) is 14.0. The molecule has 1 saturated heterocycles. The van der Waals surface area contributed by atoms with Gasteiger partial charge in [-0.2, -0.15) is 0 Å². The molecule has 2 heterocycles. The lowest BCUT2D eigenvalue weighted by Crippen LogP contribution is -2.45. The van der Waals surface area contributed by atoms with Gasteiger partial charge in [0.1, 0.15) is 11.6 Å². The van der Waals surface area contributed by atoms with Gasteiger partial charge in [-0.3, -0.25) is 4.79 Å². The van der Waals surface area contributed by atoms with Crippen LogP contribution in [0.25, 0.3) is 0 Å². The molecule has 6 heteroatoms. The number of nitrogens with zero attached hydrogens (tertiary/aromatic N) is 2. The van der Waals surface area contributed by atoms with E-state index in [9.17, 15) is 9.18 Å². The van der Waals surface area contributed by atoms with Gasteiger partial charge >= 0.3 is 0 Å². The third-order valence-electron chi connectivity index (χ3n) is 4.57. The van der Waals surface area contributed by atoms with Crippen molar-refractivity contribution in [1.82, 2.24) is 10.5 Å². The molecule has 0 radical (unpaired) electrons. The molecule has 1 aliphatic rings. The van der Waals surface area contributed by atoms with Crippen molar-refractivity contribution in [3.63, 3.8) is 0 Å². The van der Waals surface area contributed by atoms with E-state index in [-0.39, 0.29) is 24.2 Å². The molecule has 0 saturated carbocycles.